The number of hydrogen-bond donors (Lipinski definition) is 0. The number of nitrogens with zero attached hydrogens (tertiary/aromatic N) is 1. The Labute approximate surface area is 140 Å². The normalized spacial score (nSPS) is 13.3. The van der Waals surface area contributed by atoms with E-state index < -0.39 is 0 Å². The maximum atomic E-state index is 12.5. The molecule has 0 spiro atoms. The number of anilines is 1. The molecular weight excluding hydrogens is 298 g/mol. The molecule has 1 aliphatic rings. The molecule has 0 fully saturated rings. The number of amides is 2. The minimum absolute atomic E-state index is 0.265. The Morgan fingerprint density at radius 1 is 0.667 bits per heavy atom. The van der Waals surface area contributed by atoms with Gasteiger partial charge in [0.2, 0.25) is 0 Å². The fourth-order valence-corrected chi connectivity index (χ4v) is 3.05. The molecule has 1 heterocycles. The second-order valence-electron chi connectivity index (χ2n) is 5.91. The van der Waals surface area contributed by atoms with E-state index in [0.717, 1.165) is 11.1 Å². The summed E-state index contributed by atoms with van der Waals surface area (Å²) < 4.78 is 0. The molecule has 0 saturated heterocycles. The van der Waals surface area contributed by atoms with Crippen LogP contribution in [-0.2, 0) is 0 Å². The highest BCUT2D eigenvalue weighted by molar-refractivity contribution is 6.34. The third kappa shape index (κ3) is 2.22. The van der Waals surface area contributed by atoms with Crippen molar-refractivity contribution in [3.05, 3.63) is 89.5 Å². The number of carbonyl (C=O) groups is 2. The Hall–Kier alpha value is -3.20. The van der Waals surface area contributed by atoms with Crippen molar-refractivity contribution >= 4 is 17.5 Å². The first-order valence-corrected chi connectivity index (χ1v) is 7.80. The Balaban J connectivity index is 1.69. The molecule has 0 atom stereocenters. The molecule has 1 aliphatic heterocycles. The van der Waals surface area contributed by atoms with E-state index in [1.54, 1.807) is 24.3 Å². The summed E-state index contributed by atoms with van der Waals surface area (Å²) in [6.07, 6.45) is 0. The minimum Gasteiger partial charge on any atom is -0.268 e. The molecule has 0 unspecified atom stereocenters. The van der Waals surface area contributed by atoms with E-state index in [1.165, 1.54) is 10.5 Å². The summed E-state index contributed by atoms with van der Waals surface area (Å²) >= 11 is 0. The van der Waals surface area contributed by atoms with Crippen molar-refractivity contribution in [1.82, 2.24) is 0 Å². The molecule has 2 amide bonds. The monoisotopic (exact) mass is 313 g/mol. The van der Waals surface area contributed by atoms with E-state index in [4.69, 9.17) is 0 Å². The fourth-order valence-electron chi connectivity index (χ4n) is 3.05. The lowest BCUT2D eigenvalue weighted by molar-refractivity contribution is 0.0926. The van der Waals surface area contributed by atoms with Gasteiger partial charge in [-0.3, -0.25) is 9.59 Å². The number of hydrogen-bond acceptors (Lipinski definition) is 2. The molecule has 0 bridgehead atoms. The first-order valence-electron chi connectivity index (χ1n) is 7.80. The summed E-state index contributed by atoms with van der Waals surface area (Å²) in [5, 5.41) is 0. The van der Waals surface area contributed by atoms with E-state index in [-0.39, 0.29) is 11.8 Å². The Morgan fingerprint density at radius 2 is 1.29 bits per heavy atom. The second-order valence-corrected chi connectivity index (χ2v) is 5.91. The topological polar surface area (TPSA) is 37.4 Å². The highest BCUT2D eigenvalue weighted by atomic mass is 16.2. The van der Waals surface area contributed by atoms with Crippen molar-refractivity contribution in [2.75, 3.05) is 4.90 Å². The first-order chi connectivity index (χ1) is 11.6. The predicted molar refractivity (Wildman–Crippen MR) is 94.2 cm³/mol. The second kappa shape index (κ2) is 5.46. The summed E-state index contributed by atoms with van der Waals surface area (Å²) in [7, 11) is 0. The van der Waals surface area contributed by atoms with Gasteiger partial charge in [-0.1, -0.05) is 54.1 Å². The summed E-state index contributed by atoms with van der Waals surface area (Å²) in [6, 6.07) is 22.7. The molecule has 0 N–H and O–H groups in total. The molecule has 0 radical (unpaired) electrons. The Bertz CT molecular complexity index is 923. The molecule has 24 heavy (non-hydrogen) atoms. The average molecular weight is 313 g/mol. The minimum atomic E-state index is -0.265. The van der Waals surface area contributed by atoms with Gasteiger partial charge in [0, 0.05) is 0 Å². The van der Waals surface area contributed by atoms with Crippen LogP contribution in [0.1, 0.15) is 26.3 Å². The van der Waals surface area contributed by atoms with Gasteiger partial charge in [-0.05, 0) is 42.3 Å². The van der Waals surface area contributed by atoms with E-state index in [0.29, 0.717) is 16.8 Å². The van der Waals surface area contributed by atoms with Gasteiger partial charge in [0.15, 0.2) is 0 Å². The van der Waals surface area contributed by atoms with Crippen LogP contribution >= 0.6 is 0 Å². The lowest BCUT2D eigenvalue weighted by Crippen LogP contribution is -2.29. The summed E-state index contributed by atoms with van der Waals surface area (Å²) in [6.45, 7) is 2.05. The number of fused-ring (bicyclic) bond motifs is 1. The van der Waals surface area contributed by atoms with Crippen molar-refractivity contribution in [2.45, 2.75) is 6.92 Å². The lowest BCUT2D eigenvalue weighted by Gasteiger charge is -2.14. The Morgan fingerprint density at radius 3 is 1.88 bits per heavy atom. The number of imide groups is 1. The van der Waals surface area contributed by atoms with Crippen molar-refractivity contribution in [3.63, 3.8) is 0 Å². The van der Waals surface area contributed by atoms with Gasteiger partial charge >= 0.3 is 0 Å². The van der Waals surface area contributed by atoms with Crippen LogP contribution in [0.25, 0.3) is 11.1 Å². The van der Waals surface area contributed by atoms with Gasteiger partial charge in [-0.25, -0.2) is 4.90 Å². The molecular formula is C21H15NO2. The van der Waals surface area contributed by atoms with Gasteiger partial charge < -0.3 is 0 Å². The zero-order chi connectivity index (χ0) is 16.7. The van der Waals surface area contributed by atoms with Gasteiger partial charge in [-0.15, -0.1) is 0 Å². The third-order valence-electron chi connectivity index (χ3n) is 4.27. The van der Waals surface area contributed by atoms with Gasteiger partial charge in [0.1, 0.15) is 0 Å². The van der Waals surface area contributed by atoms with Crippen LogP contribution in [0.3, 0.4) is 0 Å². The molecule has 116 valence electrons. The third-order valence-corrected chi connectivity index (χ3v) is 4.27. The smallest absolute Gasteiger partial charge is 0.266 e. The maximum absolute atomic E-state index is 12.5. The number of aryl methyl sites for hydroxylation is 1. The van der Waals surface area contributed by atoms with Crippen LogP contribution in [-0.4, -0.2) is 11.8 Å². The number of benzene rings is 3. The molecule has 0 aliphatic carbocycles. The highest BCUT2D eigenvalue weighted by Crippen LogP contribution is 2.30. The van der Waals surface area contributed by atoms with E-state index in [2.05, 4.69) is 19.1 Å². The predicted octanol–water partition coefficient (Wildman–Crippen LogP) is 4.46. The first kappa shape index (κ1) is 14.4. The molecule has 3 aromatic rings. The summed E-state index contributed by atoms with van der Waals surface area (Å²) in [4.78, 5) is 26.3. The zero-order valence-electron chi connectivity index (χ0n) is 13.2. The van der Waals surface area contributed by atoms with Crippen LogP contribution < -0.4 is 4.90 Å². The fraction of sp³-hybridized carbons (Fsp3) is 0.0476. The zero-order valence-corrected chi connectivity index (χ0v) is 13.2. The van der Waals surface area contributed by atoms with Crippen LogP contribution in [0.4, 0.5) is 5.69 Å². The maximum Gasteiger partial charge on any atom is 0.266 e. The molecule has 4 rings (SSSR count). The average Bonchev–Trinajstić information content (AvgIpc) is 2.87. The number of rotatable bonds is 2. The summed E-state index contributed by atoms with van der Waals surface area (Å²) in [5.74, 6) is -0.530. The highest BCUT2D eigenvalue weighted by Gasteiger charge is 2.36. The van der Waals surface area contributed by atoms with Crippen molar-refractivity contribution < 1.29 is 9.59 Å². The molecule has 0 saturated carbocycles. The van der Waals surface area contributed by atoms with Crippen molar-refractivity contribution in [3.8, 4) is 11.1 Å². The van der Waals surface area contributed by atoms with Gasteiger partial charge in [0.25, 0.3) is 11.8 Å². The lowest BCUT2D eigenvalue weighted by atomic mass is 10.0. The van der Waals surface area contributed by atoms with E-state index >= 15 is 0 Å². The summed E-state index contributed by atoms with van der Waals surface area (Å²) in [5.41, 5.74) is 4.88. The van der Waals surface area contributed by atoms with Crippen LogP contribution in [0.2, 0.25) is 0 Å². The SMILES string of the molecule is Cc1cccc(-c2ccc(N3C(=O)c4ccccc4C3=O)cc2)c1. The molecule has 0 aromatic heterocycles. The van der Waals surface area contributed by atoms with Crippen molar-refractivity contribution in [2.24, 2.45) is 0 Å². The Kier molecular flexibility index (Phi) is 3.28. The standard InChI is InChI=1S/C21H15NO2/c1-14-5-4-6-16(13-14)15-9-11-17(12-10-15)22-20(23)18-7-2-3-8-19(18)21(22)24/h2-13H,1H3. The van der Waals surface area contributed by atoms with Crippen LogP contribution in [0.15, 0.2) is 72.8 Å². The molecule has 3 nitrogen and oxygen atoms in total. The van der Waals surface area contributed by atoms with Gasteiger partial charge in [-0.2, -0.15) is 0 Å². The quantitative estimate of drug-likeness (QED) is 0.655. The van der Waals surface area contributed by atoms with Gasteiger partial charge in [0.05, 0.1) is 16.8 Å². The van der Waals surface area contributed by atoms with Crippen LogP contribution in [0, 0.1) is 6.92 Å². The van der Waals surface area contributed by atoms with E-state index in [9.17, 15) is 9.59 Å². The van der Waals surface area contributed by atoms with Crippen LogP contribution in [0.5, 0.6) is 0 Å². The number of carbonyl (C=O) groups excluding carboxylic acids is 2. The largest absolute Gasteiger partial charge is 0.268 e. The van der Waals surface area contributed by atoms with E-state index in [1.807, 2.05) is 36.4 Å². The molecule has 3 aromatic carbocycles. The van der Waals surface area contributed by atoms with Crippen molar-refractivity contribution in [1.29, 1.82) is 0 Å². The molecule has 3 heteroatoms.